The van der Waals surface area contributed by atoms with E-state index in [1.165, 1.54) is 15.6 Å². The molecule has 0 saturated heterocycles. The molecule has 0 aliphatic carbocycles. The Morgan fingerprint density at radius 2 is 2.26 bits per heavy atom. The first-order chi connectivity index (χ1) is 8.95. The average molecular weight is 300 g/mol. The lowest BCUT2D eigenvalue weighted by molar-refractivity contribution is 0.451. The number of aromatic nitrogens is 2. The topological polar surface area (TPSA) is 81.2 Å². The predicted molar refractivity (Wildman–Crippen MR) is 74.1 cm³/mol. The van der Waals surface area contributed by atoms with Crippen molar-refractivity contribution in [2.75, 3.05) is 7.05 Å². The predicted octanol–water partition coefficient (Wildman–Crippen LogP) is 0.761. The molecule has 0 aliphatic heterocycles. The number of thiophene rings is 1. The van der Waals surface area contributed by atoms with Gasteiger partial charge in [-0.3, -0.25) is 0 Å². The third-order valence-corrected chi connectivity index (χ3v) is 5.71. The second kappa shape index (κ2) is 5.41. The van der Waals surface area contributed by atoms with E-state index in [1.807, 2.05) is 7.05 Å². The molecular formula is C11H16N4O2S2. The molecule has 0 unspecified atom stereocenters. The Morgan fingerprint density at radius 1 is 1.53 bits per heavy atom. The molecule has 2 heterocycles. The van der Waals surface area contributed by atoms with Gasteiger partial charge in [-0.25, -0.2) is 13.4 Å². The summed E-state index contributed by atoms with van der Waals surface area (Å²) in [6, 6.07) is 1.62. The Kier molecular flexibility index (Phi) is 4.04. The van der Waals surface area contributed by atoms with Crippen molar-refractivity contribution in [1.29, 1.82) is 0 Å². The van der Waals surface area contributed by atoms with Gasteiger partial charge in [-0.2, -0.15) is 4.31 Å². The van der Waals surface area contributed by atoms with Crippen LogP contribution >= 0.6 is 11.3 Å². The fourth-order valence-electron chi connectivity index (χ4n) is 1.62. The second-order valence-electron chi connectivity index (χ2n) is 4.17. The van der Waals surface area contributed by atoms with Crippen LogP contribution in [0.1, 0.15) is 10.7 Å². The molecule has 0 spiro atoms. The lowest BCUT2D eigenvalue weighted by atomic mass is 10.5. The zero-order valence-electron chi connectivity index (χ0n) is 10.8. The van der Waals surface area contributed by atoms with E-state index in [1.54, 1.807) is 35.5 Å². The maximum absolute atomic E-state index is 12.4. The summed E-state index contributed by atoms with van der Waals surface area (Å²) in [6.45, 7) is 0.586. The van der Waals surface area contributed by atoms with Crippen LogP contribution in [0.15, 0.2) is 28.7 Å². The van der Waals surface area contributed by atoms with Crippen molar-refractivity contribution < 1.29 is 8.42 Å². The highest BCUT2D eigenvalue weighted by atomic mass is 32.2. The average Bonchev–Trinajstić information content (AvgIpc) is 2.99. The smallest absolute Gasteiger partial charge is 0.244 e. The van der Waals surface area contributed by atoms with Gasteiger partial charge in [-0.05, 0) is 6.07 Å². The molecule has 0 fully saturated rings. The SMILES string of the molecule is CN(Cc1nccn1C)S(=O)(=O)c1csc(CN)c1. The number of rotatable bonds is 5. The van der Waals surface area contributed by atoms with Gasteiger partial charge < -0.3 is 10.3 Å². The number of hydrogen-bond donors (Lipinski definition) is 1. The van der Waals surface area contributed by atoms with Gasteiger partial charge in [-0.1, -0.05) is 0 Å². The number of nitrogens with two attached hydrogens (primary N) is 1. The Bertz CT molecular complexity index is 660. The van der Waals surface area contributed by atoms with E-state index in [0.717, 1.165) is 4.88 Å². The summed E-state index contributed by atoms with van der Waals surface area (Å²) in [5.74, 6) is 0.695. The molecule has 0 aliphatic rings. The Balaban J connectivity index is 2.22. The van der Waals surface area contributed by atoms with Gasteiger partial charge in [-0.15, -0.1) is 11.3 Å². The van der Waals surface area contributed by atoms with Crippen LogP contribution in [0.3, 0.4) is 0 Å². The van der Waals surface area contributed by atoms with Crippen molar-refractivity contribution in [2.24, 2.45) is 12.8 Å². The number of sulfonamides is 1. The zero-order chi connectivity index (χ0) is 14.0. The number of aryl methyl sites for hydroxylation is 1. The molecule has 0 radical (unpaired) electrons. The summed E-state index contributed by atoms with van der Waals surface area (Å²) < 4.78 is 27.8. The molecule has 0 amide bonds. The van der Waals surface area contributed by atoms with E-state index >= 15 is 0 Å². The molecule has 19 heavy (non-hydrogen) atoms. The first kappa shape index (κ1) is 14.2. The van der Waals surface area contributed by atoms with E-state index in [4.69, 9.17) is 5.73 Å². The lowest BCUT2D eigenvalue weighted by Crippen LogP contribution is -2.27. The van der Waals surface area contributed by atoms with Crippen LogP contribution in [0.5, 0.6) is 0 Å². The maximum Gasteiger partial charge on any atom is 0.244 e. The minimum Gasteiger partial charge on any atom is -0.337 e. The third kappa shape index (κ3) is 2.86. The van der Waals surface area contributed by atoms with Crippen molar-refractivity contribution in [1.82, 2.24) is 13.9 Å². The zero-order valence-corrected chi connectivity index (χ0v) is 12.4. The van der Waals surface area contributed by atoms with E-state index < -0.39 is 10.0 Å². The number of hydrogen-bond acceptors (Lipinski definition) is 5. The molecule has 2 aromatic rings. The van der Waals surface area contributed by atoms with Gasteiger partial charge in [0.25, 0.3) is 0 Å². The van der Waals surface area contributed by atoms with E-state index in [0.29, 0.717) is 12.4 Å². The highest BCUT2D eigenvalue weighted by Crippen LogP contribution is 2.22. The van der Waals surface area contributed by atoms with Crippen molar-refractivity contribution in [3.8, 4) is 0 Å². The first-order valence-electron chi connectivity index (χ1n) is 5.65. The summed E-state index contributed by atoms with van der Waals surface area (Å²) in [5, 5.41) is 1.62. The van der Waals surface area contributed by atoms with Crippen molar-refractivity contribution in [3.05, 3.63) is 34.5 Å². The minimum absolute atomic E-state index is 0.236. The van der Waals surface area contributed by atoms with E-state index in [-0.39, 0.29) is 11.4 Å². The third-order valence-electron chi connectivity index (χ3n) is 2.82. The fraction of sp³-hybridized carbons (Fsp3) is 0.364. The molecule has 0 saturated carbocycles. The molecule has 8 heteroatoms. The summed E-state index contributed by atoms with van der Waals surface area (Å²) in [7, 11) is -0.108. The normalized spacial score (nSPS) is 12.2. The van der Waals surface area contributed by atoms with Gasteiger partial charge in [0.15, 0.2) is 0 Å². The minimum atomic E-state index is -3.49. The van der Waals surface area contributed by atoms with Gasteiger partial charge in [0, 0.05) is 43.3 Å². The van der Waals surface area contributed by atoms with E-state index in [9.17, 15) is 8.42 Å². The fourth-order valence-corrected chi connectivity index (χ4v) is 3.88. The van der Waals surface area contributed by atoms with Crippen LogP contribution in [0, 0.1) is 0 Å². The van der Waals surface area contributed by atoms with E-state index in [2.05, 4.69) is 4.98 Å². The molecule has 2 N–H and O–H groups in total. The molecule has 2 rings (SSSR count). The highest BCUT2D eigenvalue weighted by molar-refractivity contribution is 7.89. The molecule has 104 valence electrons. The van der Waals surface area contributed by atoms with Gasteiger partial charge in [0.1, 0.15) is 5.82 Å². The summed E-state index contributed by atoms with van der Waals surface area (Å²) in [4.78, 5) is 5.26. The maximum atomic E-state index is 12.4. The quantitative estimate of drug-likeness (QED) is 0.884. The van der Waals surface area contributed by atoms with Crippen LogP contribution in [-0.4, -0.2) is 29.3 Å². The molecule has 2 aromatic heterocycles. The standard InChI is InChI=1S/C11H16N4O2S2/c1-14-4-3-13-11(14)7-15(2)19(16,17)10-5-9(6-12)18-8-10/h3-5,8H,6-7,12H2,1-2H3. The number of imidazole rings is 1. The lowest BCUT2D eigenvalue weighted by Gasteiger charge is -2.15. The van der Waals surface area contributed by atoms with Crippen LogP contribution in [0.4, 0.5) is 0 Å². The van der Waals surface area contributed by atoms with Crippen molar-refractivity contribution >= 4 is 21.4 Å². The summed E-state index contributed by atoms with van der Waals surface area (Å²) in [6.07, 6.45) is 3.43. The Hall–Kier alpha value is -1.22. The van der Waals surface area contributed by atoms with Crippen molar-refractivity contribution in [3.63, 3.8) is 0 Å². The molecule has 6 nitrogen and oxygen atoms in total. The molecule has 0 bridgehead atoms. The van der Waals surface area contributed by atoms with Gasteiger partial charge >= 0.3 is 0 Å². The summed E-state index contributed by atoms with van der Waals surface area (Å²) >= 11 is 1.35. The second-order valence-corrected chi connectivity index (χ2v) is 7.21. The van der Waals surface area contributed by atoms with Crippen LogP contribution in [0.2, 0.25) is 0 Å². The number of nitrogens with zero attached hydrogens (tertiary/aromatic N) is 3. The van der Waals surface area contributed by atoms with Crippen LogP contribution < -0.4 is 5.73 Å². The van der Waals surface area contributed by atoms with Gasteiger partial charge in [0.05, 0.1) is 11.4 Å². The largest absolute Gasteiger partial charge is 0.337 e. The highest BCUT2D eigenvalue weighted by Gasteiger charge is 2.23. The first-order valence-corrected chi connectivity index (χ1v) is 7.97. The van der Waals surface area contributed by atoms with Crippen LogP contribution in [-0.2, 0) is 30.2 Å². The van der Waals surface area contributed by atoms with Crippen LogP contribution in [0.25, 0.3) is 0 Å². The monoisotopic (exact) mass is 300 g/mol. The molecule has 0 atom stereocenters. The summed E-state index contributed by atoms with van der Waals surface area (Å²) in [5.41, 5.74) is 5.50. The van der Waals surface area contributed by atoms with Crippen molar-refractivity contribution in [2.45, 2.75) is 18.0 Å². The van der Waals surface area contributed by atoms with Gasteiger partial charge in [0.2, 0.25) is 10.0 Å². The molecular weight excluding hydrogens is 284 g/mol. The molecule has 0 aromatic carbocycles. The Morgan fingerprint density at radius 3 is 2.79 bits per heavy atom. The Labute approximate surface area is 116 Å².